The van der Waals surface area contributed by atoms with Crippen LogP contribution in [0, 0.1) is 0 Å². The summed E-state index contributed by atoms with van der Waals surface area (Å²) in [6.45, 7) is 3.51. The number of primary amides is 1. The molecule has 0 aromatic carbocycles. The zero-order chi connectivity index (χ0) is 13.2. The van der Waals surface area contributed by atoms with Gasteiger partial charge in [0.15, 0.2) is 5.82 Å². The Balaban J connectivity index is 2.22. The van der Waals surface area contributed by atoms with Crippen LogP contribution < -0.4 is 16.8 Å². The lowest BCUT2D eigenvalue weighted by Gasteiger charge is -2.35. The Bertz CT molecular complexity index is 455. The topological polar surface area (TPSA) is 103 Å². The summed E-state index contributed by atoms with van der Waals surface area (Å²) >= 11 is 0. The van der Waals surface area contributed by atoms with Crippen LogP contribution in [0.2, 0.25) is 0 Å². The van der Waals surface area contributed by atoms with E-state index in [9.17, 15) is 4.79 Å². The minimum atomic E-state index is -0.560. The summed E-state index contributed by atoms with van der Waals surface area (Å²) in [6, 6.07) is 3.16. The van der Waals surface area contributed by atoms with Crippen LogP contribution in [0.1, 0.15) is 30.3 Å². The highest BCUT2D eigenvalue weighted by molar-refractivity contribution is 5.91. The molecule has 18 heavy (non-hydrogen) atoms. The van der Waals surface area contributed by atoms with E-state index >= 15 is 0 Å². The quantitative estimate of drug-likeness (QED) is 0.734. The molecule has 0 radical (unpaired) electrons. The highest BCUT2D eigenvalue weighted by atomic mass is 16.5. The van der Waals surface area contributed by atoms with Crippen LogP contribution in [-0.4, -0.2) is 29.6 Å². The van der Waals surface area contributed by atoms with Crippen molar-refractivity contribution in [2.45, 2.75) is 25.3 Å². The fourth-order valence-electron chi connectivity index (χ4n) is 1.94. The number of nitrogens with zero attached hydrogens (tertiary/aromatic N) is 1. The first-order valence-corrected chi connectivity index (χ1v) is 5.92. The lowest BCUT2D eigenvalue weighted by molar-refractivity contribution is 0.0657. The molecule has 0 bridgehead atoms. The maximum Gasteiger partial charge on any atom is 0.267 e. The molecule has 0 saturated carbocycles. The van der Waals surface area contributed by atoms with E-state index in [0.717, 1.165) is 12.8 Å². The Kier molecular flexibility index (Phi) is 3.38. The molecule has 6 nitrogen and oxygen atoms in total. The van der Waals surface area contributed by atoms with E-state index in [2.05, 4.69) is 17.2 Å². The van der Waals surface area contributed by atoms with Crippen molar-refractivity contribution in [2.75, 3.05) is 24.3 Å². The van der Waals surface area contributed by atoms with Crippen LogP contribution in [0.25, 0.3) is 0 Å². The van der Waals surface area contributed by atoms with Crippen molar-refractivity contribution in [1.29, 1.82) is 0 Å². The number of amides is 1. The minimum Gasteiger partial charge on any atom is -0.396 e. The Labute approximate surface area is 106 Å². The molecule has 0 atom stereocenters. The number of pyridine rings is 1. The van der Waals surface area contributed by atoms with Gasteiger partial charge in [0.1, 0.15) is 5.69 Å². The van der Waals surface area contributed by atoms with Gasteiger partial charge in [0.05, 0.1) is 5.69 Å². The number of hydrogen-bond acceptors (Lipinski definition) is 5. The average Bonchev–Trinajstić information content (AvgIpc) is 2.32. The summed E-state index contributed by atoms with van der Waals surface area (Å²) < 4.78 is 5.33. The Morgan fingerprint density at radius 2 is 2.11 bits per heavy atom. The summed E-state index contributed by atoms with van der Waals surface area (Å²) in [7, 11) is 0. The fraction of sp³-hybridized carbons (Fsp3) is 0.500. The second kappa shape index (κ2) is 4.81. The number of aromatic nitrogens is 1. The maximum atomic E-state index is 11.1. The molecule has 1 fully saturated rings. The molecule has 1 aromatic heterocycles. The van der Waals surface area contributed by atoms with Gasteiger partial charge in [-0.1, -0.05) is 0 Å². The Morgan fingerprint density at radius 1 is 1.44 bits per heavy atom. The van der Waals surface area contributed by atoms with Crippen LogP contribution in [0.5, 0.6) is 0 Å². The van der Waals surface area contributed by atoms with Crippen molar-refractivity contribution in [1.82, 2.24) is 4.98 Å². The lowest BCUT2D eigenvalue weighted by Crippen LogP contribution is -2.41. The van der Waals surface area contributed by atoms with E-state index in [4.69, 9.17) is 16.2 Å². The highest BCUT2D eigenvalue weighted by Crippen LogP contribution is 2.27. The number of ether oxygens (including phenoxy) is 1. The number of nitrogen functional groups attached to an aromatic ring is 1. The molecule has 1 aromatic rings. The molecule has 1 aliphatic heterocycles. The molecule has 5 N–H and O–H groups in total. The molecule has 0 spiro atoms. The standard InChI is InChI=1S/C12H18N4O2/c1-12(4-6-18-7-5-12)16-11-8(13)2-3-9(15-11)10(14)17/h2-3H,4-7,13H2,1H3,(H2,14,17)(H,15,16). The molecule has 2 rings (SSSR count). The highest BCUT2D eigenvalue weighted by Gasteiger charge is 2.28. The average molecular weight is 250 g/mol. The maximum absolute atomic E-state index is 11.1. The third kappa shape index (κ3) is 2.70. The first-order chi connectivity index (χ1) is 8.50. The third-order valence-corrected chi connectivity index (χ3v) is 3.20. The largest absolute Gasteiger partial charge is 0.396 e. The normalized spacial score (nSPS) is 18.3. The molecular weight excluding hydrogens is 232 g/mol. The van der Waals surface area contributed by atoms with Crippen LogP contribution in [0.3, 0.4) is 0 Å². The van der Waals surface area contributed by atoms with Gasteiger partial charge in [-0.2, -0.15) is 0 Å². The lowest BCUT2D eigenvalue weighted by atomic mass is 9.92. The zero-order valence-corrected chi connectivity index (χ0v) is 10.4. The second-order valence-electron chi connectivity index (χ2n) is 4.80. The minimum absolute atomic E-state index is 0.115. The van der Waals surface area contributed by atoms with Crippen molar-refractivity contribution in [3.05, 3.63) is 17.8 Å². The number of anilines is 2. The van der Waals surface area contributed by atoms with Gasteiger partial charge in [-0.3, -0.25) is 4.79 Å². The molecule has 98 valence electrons. The first-order valence-electron chi connectivity index (χ1n) is 5.92. The second-order valence-corrected chi connectivity index (χ2v) is 4.80. The van der Waals surface area contributed by atoms with E-state index < -0.39 is 5.91 Å². The predicted molar refractivity (Wildman–Crippen MR) is 69.2 cm³/mol. The number of rotatable bonds is 3. The van der Waals surface area contributed by atoms with E-state index in [1.165, 1.54) is 6.07 Å². The summed E-state index contributed by atoms with van der Waals surface area (Å²) in [6.07, 6.45) is 1.74. The first kappa shape index (κ1) is 12.6. The molecule has 1 saturated heterocycles. The van der Waals surface area contributed by atoms with Crippen LogP contribution >= 0.6 is 0 Å². The van der Waals surface area contributed by atoms with Gasteiger partial charge in [0, 0.05) is 18.8 Å². The zero-order valence-electron chi connectivity index (χ0n) is 10.4. The summed E-state index contributed by atoms with van der Waals surface area (Å²) in [4.78, 5) is 15.3. The number of carbonyl (C=O) groups is 1. The van der Waals surface area contributed by atoms with Gasteiger partial charge < -0.3 is 21.5 Å². The van der Waals surface area contributed by atoms with Gasteiger partial charge >= 0.3 is 0 Å². The van der Waals surface area contributed by atoms with Gasteiger partial charge in [0.2, 0.25) is 0 Å². The summed E-state index contributed by atoms with van der Waals surface area (Å²) in [5, 5.41) is 3.30. The monoisotopic (exact) mass is 250 g/mol. The van der Waals surface area contributed by atoms with Crippen molar-refractivity contribution < 1.29 is 9.53 Å². The fourth-order valence-corrected chi connectivity index (χ4v) is 1.94. The SMILES string of the molecule is CC1(Nc2nc(C(N)=O)ccc2N)CCOCC1. The molecule has 6 heteroatoms. The van der Waals surface area contributed by atoms with Crippen LogP contribution in [0.4, 0.5) is 11.5 Å². The van der Waals surface area contributed by atoms with Gasteiger partial charge in [-0.05, 0) is 31.9 Å². The summed E-state index contributed by atoms with van der Waals surface area (Å²) in [5.74, 6) is -0.0501. The Morgan fingerprint density at radius 3 is 2.72 bits per heavy atom. The van der Waals surface area contributed by atoms with Gasteiger partial charge in [-0.15, -0.1) is 0 Å². The predicted octanol–water partition coefficient (Wildman–Crippen LogP) is 0.744. The van der Waals surface area contributed by atoms with E-state index in [1.54, 1.807) is 6.07 Å². The van der Waals surface area contributed by atoms with E-state index in [1.807, 2.05) is 0 Å². The number of hydrogen-bond donors (Lipinski definition) is 3. The van der Waals surface area contributed by atoms with E-state index in [-0.39, 0.29) is 11.2 Å². The van der Waals surface area contributed by atoms with E-state index in [0.29, 0.717) is 24.7 Å². The molecule has 2 heterocycles. The molecule has 0 aliphatic carbocycles. The van der Waals surface area contributed by atoms with Gasteiger partial charge in [0.25, 0.3) is 5.91 Å². The third-order valence-electron chi connectivity index (χ3n) is 3.20. The van der Waals surface area contributed by atoms with Crippen molar-refractivity contribution in [2.24, 2.45) is 5.73 Å². The molecule has 0 unspecified atom stereocenters. The number of nitrogens with one attached hydrogen (secondary N) is 1. The Hall–Kier alpha value is -1.82. The molecule has 1 amide bonds. The summed E-state index contributed by atoms with van der Waals surface area (Å²) in [5.41, 5.74) is 11.7. The molecular formula is C12H18N4O2. The smallest absolute Gasteiger partial charge is 0.267 e. The molecule has 1 aliphatic rings. The van der Waals surface area contributed by atoms with Crippen LogP contribution in [0.15, 0.2) is 12.1 Å². The van der Waals surface area contributed by atoms with Crippen molar-refractivity contribution in [3.63, 3.8) is 0 Å². The van der Waals surface area contributed by atoms with Crippen LogP contribution in [-0.2, 0) is 4.74 Å². The number of nitrogens with two attached hydrogens (primary N) is 2. The van der Waals surface area contributed by atoms with Crippen molar-refractivity contribution >= 4 is 17.4 Å². The number of carbonyl (C=O) groups excluding carboxylic acids is 1. The van der Waals surface area contributed by atoms with Crippen molar-refractivity contribution in [3.8, 4) is 0 Å². The van der Waals surface area contributed by atoms with Gasteiger partial charge in [-0.25, -0.2) is 4.98 Å².